The van der Waals surface area contributed by atoms with Gasteiger partial charge in [-0.15, -0.1) is 12.1 Å². The standard InChI is InChI=1S/C37H22N3OS.C14H16GeN.Ir/c1-22-15-17-23(18-16-22)24-19-20-28(35-33(24)27-10-7-21-38-37(27)42-35)36-39-29-11-3-4-12-30(29)40(36)31-13-6-9-26-25-8-2-5-14-32(25)41-34(26)31;1-15(2,3)13-9-10-14(16-11-13)12-7-5-4-6-8-12;/h2-19,21H,1H3;4-7,9-11H,1-3H3;/q2*-1;/i1D3;;. The summed E-state index contributed by atoms with van der Waals surface area (Å²) in [5.74, 6) is 7.90. The first-order valence-electron chi connectivity index (χ1n) is 20.7. The number of imidazole rings is 1. The monoisotopic (exact) mass is 1020 g/mol. The molecular weight excluding hydrogens is 981 g/mol. The molecule has 0 bridgehead atoms. The molecule has 1 radical (unpaired) electrons. The van der Waals surface area contributed by atoms with Gasteiger partial charge in [0.2, 0.25) is 0 Å². The molecule has 0 spiro atoms. The first-order chi connectivity index (χ1) is 29.5. The molecule has 0 fully saturated rings. The minimum atomic E-state index is -2.16. The van der Waals surface area contributed by atoms with Crippen molar-refractivity contribution in [1.29, 1.82) is 0 Å². The van der Waals surface area contributed by atoms with Crippen LogP contribution in [0.1, 0.15) is 9.68 Å². The van der Waals surface area contributed by atoms with E-state index in [-0.39, 0.29) is 20.1 Å². The summed E-state index contributed by atoms with van der Waals surface area (Å²) in [6.45, 7) is -2.16. The predicted molar refractivity (Wildman–Crippen MR) is 245 cm³/mol. The van der Waals surface area contributed by atoms with E-state index in [1.807, 2.05) is 97.3 Å². The van der Waals surface area contributed by atoms with Gasteiger partial charge in [0.05, 0.1) is 22.5 Å². The van der Waals surface area contributed by atoms with Gasteiger partial charge in [-0.25, -0.2) is 4.98 Å². The quantitative estimate of drug-likeness (QED) is 0.127. The third-order valence-electron chi connectivity index (χ3n) is 10.5. The fourth-order valence-corrected chi connectivity index (χ4v) is 10.9. The number of aromatic nitrogens is 4. The Morgan fingerprint density at radius 2 is 1.54 bits per heavy atom. The number of rotatable bonds is 5. The van der Waals surface area contributed by atoms with Crippen LogP contribution in [-0.4, -0.2) is 32.8 Å². The third kappa shape index (κ3) is 7.12. The summed E-state index contributed by atoms with van der Waals surface area (Å²) in [6, 6.07) is 54.7. The maximum atomic E-state index is 7.81. The maximum Gasteiger partial charge on any atom is 0 e. The minimum Gasteiger partial charge on any atom is 0 e. The largest absolute Gasteiger partial charge is 0 e. The molecule has 6 aromatic carbocycles. The molecule has 0 aliphatic carbocycles. The third-order valence-corrected chi connectivity index (χ3v) is 15.9. The second kappa shape index (κ2) is 15.8. The summed E-state index contributed by atoms with van der Waals surface area (Å²) in [7, 11) is 0. The van der Waals surface area contributed by atoms with Crippen LogP contribution in [0.5, 0.6) is 0 Å². The van der Waals surface area contributed by atoms with Crippen LogP contribution in [0.4, 0.5) is 0 Å². The van der Waals surface area contributed by atoms with Gasteiger partial charge in [0, 0.05) is 46.6 Å². The van der Waals surface area contributed by atoms with Crippen LogP contribution in [-0.2, 0) is 20.1 Å². The molecular formula is C51H38GeIrN4OS-2. The summed E-state index contributed by atoms with van der Waals surface area (Å²) >= 11 is -0.104. The van der Waals surface area contributed by atoms with Gasteiger partial charge in [0.25, 0.3) is 0 Å². The van der Waals surface area contributed by atoms with E-state index < -0.39 is 20.1 Å². The van der Waals surface area contributed by atoms with E-state index in [9.17, 15) is 0 Å². The van der Waals surface area contributed by atoms with Crippen molar-refractivity contribution in [3.05, 3.63) is 176 Å². The summed E-state index contributed by atoms with van der Waals surface area (Å²) < 4.78 is 34.5. The van der Waals surface area contributed by atoms with Crippen LogP contribution >= 0.6 is 11.3 Å². The molecule has 5 nitrogen and oxygen atoms in total. The van der Waals surface area contributed by atoms with E-state index in [1.54, 1.807) is 23.5 Å². The Morgan fingerprint density at radius 3 is 2.34 bits per heavy atom. The number of hydrogen-bond acceptors (Lipinski definition) is 5. The van der Waals surface area contributed by atoms with E-state index in [4.69, 9.17) is 18.5 Å². The van der Waals surface area contributed by atoms with Crippen LogP contribution in [0.2, 0.25) is 17.3 Å². The summed E-state index contributed by atoms with van der Waals surface area (Å²) in [6.07, 6.45) is 3.85. The Bertz CT molecular complexity index is 3390. The number of pyridine rings is 2. The number of para-hydroxylation sites is 4. The molecule has 5 aromatic heterocycles. The van der Waals surface area contributed by atoms with E-state index in [1.165, 1.54) is 4.40 Å². The topological polar surface area (TPSA) is 56.7 Å². The van der Waals surface area contributed by atoms with Crippen molar-refractivity contribution < 1.29 is 28.6 Å². The number of nitrogens with zero attached hydrogens (tertiary/aromatic N) is 4. The number of thiophene rings is 1. The van der Waals surface area contributed by atoms with Gasteiger partial charge in [-0.1, -0.05) is 100 Å². The molecule has 0 atom stereocenters. The second-order valence-corrected chi connectivity index (χ2v) is 26.9. The van der Waals surface area contributed by atoms with Crippen molar-refractivity contribution in [1.82, 2.24) is 19.5 Å². The van der Waals surface area contributed by atoms with Crippen molar-refractivity contribution in [2.45, 2.75) is 24.1 Å². The fourth-order valence-electron chi connectivity index (χ4n) is 7.60. The van der Waals surface area contributed by atoms with Crippen molar-refractivity contribution in [2.75, 3.05) is 0 Å². The number of furan rings is 1. The van der Waals surface area contributed by atoms with Gasteiger partial charge in [0.1, 0.15) is 10.4 Å². The van der Waals surface area contributed by atoms with Crippen LogP contribution in [0, 0.1) is 19.0 Å². The van der Waals surface area contributed by atoms with Crippen molar-refractivity contribution in [3.8, 4) is 39.5 Å². The van der Waals surface area contributed by atoms with Crippen molar-refractivity contribution >= 4 is 82.3 Å². The van der Waals surface area contributed by atoms with Gasteiger partial charge >= 0.3 is 99.8 Å². The van der Waals surface area contributed by atoms with Crippen LogP contribution in [0.25, 0.3) is 92.7 Å². The van der Waals surface area contributed by atoms with Crippen molar-refractivity contribution in [2.24, 2.45) is 0 Å². The van der Waals surface area contributed by atoms with Crippen LogP contribution in [0.15, 0.2) is 162 Å². The molecule has 11 aromatic rings. The zero-order chi connectivity index (χ0) is 41.9. The first kappa shape index (κ1) is 35.3. The molecule has 11 rings (SSSR count). The maximum absolute atomic E-state index is 7.81. The Morgan fingerprint density at radius 1 is 0.746 bits per heavy atom. The number of aryl methyl sites for hydroxylation is 1. The Kier molecular flexibility index (Phi) is 9.45. The molecule has 0 saturated carbocycles. The molecule has 0 amide bonds. The molecule has 289 valence electrons. The zero-order valence-corrected chi connectivity index (χ0v) is 37.8. The minimum absolute atomic E-state index is 0. The van der Waals surface area contributed by atoms with E-state index in [0.29, 0.717) is 5.56 Å². The SMILES string of the molecule is [2H]C([2H])([2H])c1ccc(-c2c[c-]c(-c3nc4ccccc4n3-c3cccc4c3oc3ccccc34)c3sc4ncccc4c23)cc1.[CH3][Ge]([CH3])([CH3])[c]1ccc(-c2[c-]cccc2)nc1.[Ir]. The van der Waals surface area contributed by atoms with E-state index in [2.05, 4.69) is 87.5 Å². The molecule has 0 N–H and O–H groups in total. The molecule has 59 heavy (non-hydrogen) atoms. The summed E-state index contributed by atoms with van der Waals surface area (Å²) in [5, 5.41) is 4.19. The molecule has 0 unspecified atom stereocenters. The van der Waals surface area contributed by atoms with Gasteiger partial charge in [-0.05, 0) is 41.9 Å². The fraction of sp³-hybridized carbons (Fsp3) is 0.0784. The average molecular weight is 1020 g/mol. The van der Waals surface area contributed by atoms with E-state index >= 15 is 0 Å². The van der Waals surface area contributed by atoms with Gasteiger partial charge in [-0.3, -0.25) is 4.98 Å². The number of fused-ring (bicyclic) bond motifs is 7. The Labute approximate surface area is 367 Å². The second-order valence-electron chi connectivity index (χ2n) is 15.3. The summed E-state index contributed by atoms with van der Waals surface area (Å²) in [5.41, 5.74) is 9.49. The van der Waals surface area contributed by atoms with Gasteiger partial charge in [0.15, 0.2) is 5.58 Å². The smallest absolute Gasteiger partial charge is 0 e. The molecule has 0 aliphatic heterocycles. The van der Waals surface area contributed by atoms with Crippen LogP contribution in [0.3, 0.4) is 0 Å². The van der Waals surface area contributed by atoms with Crippen LogP contribution < -0.4 is 4.40 Å². The Balaban J connectivity index is 0.000000244. The molecule has 5 heterocycles. The number of hydrogen-bond donors (Lipinski definition) is 0. The normalized spacial score (nSPS) is 12.6. The zero-order valence-electron chi connectivity index (χ0n) is 35.4. The molecule has 0 aliphatic rings. The molecule has 8 heteroatoms. The van der Waals surface area contributed by atoms with E-state index in [0.717, 1.165) is 92.7 Å². The molecule has 0 saturated heterocycles. The van der Waals surface area contributed by atoms with Crippen molar-refractivity contribution in [3.63, 3.8) is 0 Å². The number of benzene rings is 6. The first-order valence-corrected chi connectivity index (χ1v) is 27.3. The van der Waals surface area contributed by atoms with Gasteiger partial charge < -0.3 is 8.98 Å². The average Bonchev–Trinajstić information content (AvgIpc) is 3.98. The Hall–Kier alpha value is -5.70. The van der Waals surface area contributed by atoms with Gasteiger partial charge in [-0.2, -0.15) is 11.3 Å². The predicted octanol–water partition coefficient (Wildman–Crippen LogP) is 13.2. The summed E-state index contributed by atoms with van der Waals surface area (Å²) in [4.78, 5) is 15.3.